The summed E-state index contributed by atoms with van der Waals surface area (Å²) >= 11 is 1.63. The highest BCUT2D eigenvalue weighted by atomic mass is 32.1. The SMILES string of the molecule is N#Cc1nc(C=Cc2cccs2)oc1NCC1CCCO1. The van der Waals surface area contributed by atoms with Gasteiger partial charge in [-0.3, -0.25) is 0 Å². The largest absolute Gasteiger partial charge is 0.420 e. The van der Waals surface area contributed by atoms with E-state index in [9.17, 15) is 0 Å². The van der Waals surface area contributed by atoms with E-state index in [1.54, 1.807) is 17.4 Å². The van der Waals surface area contributed by atoms with E-state index in [1.807, 2.05) is 29.7 Å². The van der Waals surface area contributed by atoms with Gasteiger partial charge in [0.2, 0.25) is 17.5 Å². The molecule has 5 nitrogen and oxygen atoms in total. The predicted molar refractivity (Wildman–Crippen MR) is 81.9 cm³/mol. The van der Waals surface area contributed by atoms with Crippen molar-refractivity contribution in [2.24, 2.45) is 0 Å². The topological polar surface area (TPSA) is 71.1 Å². The van der Waals surface area contributed by atoms with Crippen LogP contribution < -0.4 is 5.32 Å². The average molecular weight is 301 g/mol. The number of nitriles is 1. The van der Waals surface area contributed by atoms with Gasteiger partial charge < -0.3 is 14.5 Å². The second-order valence-corrected chi connectivity index (χ2v) is 5.69. The second kappa shape index (κ2) is 6.57. The lowest BCUT2D eigenvalue weighted by Gasteiger charge is -2.09. The van der Waals surface area contributed by atoms with E-state index in [-0.39, 0.29) is 11.8 Å². The molecule has 6 heteroatoms. The molecule has 0 radical (unpaired) electrons. The number of hydrogen-bond donors (Lipinski definition) is 1. The molecule has 0 aromatic carbocycles. The minimum absolute atomic E-state index is 0.187. The van der Waals surface area contributed by atoms with Crippen LogP contribution in [-0.2, 0) is 4.74 Å². The Morgan fingerprint density at radius 1 is 1.52 bits per heavy atom. The molecule has 21 heavy (non-hydrogen) atoms. The van der Waals surface area contributed by atoms with Crippen LogP contribution in [-0.4, -0.2) is 24.2 Å². The number of hydrogen-bond acceptors (Lipinski definition) is 6. The summed E-state index contributed by atoms with van der Waals surface area (Å²) in [5, 5.41) is 14.2. The molecule has 3 heterocycles. The molecule has 1 unspecified atom stereocenters. The standard InChI is InChI=1S/C15H15N3O2S/c16-9-13-15(17-10-11-3-1-7-19-11)20-14(18-13)6-5-12-4-2-8-21-12/h2,4-6,8,11,17H,1,3,7,10H2. The van der Waals surface area contributed by atoms with Crippen molar-refractivity contribution >= 4 is 29.4 Å². The number of nitrogens with one attached hydrogen (secondary N) is 1. The summed E-state index contributed by atoms with van der Waals surface area (Å²) in [5.74, 6) is 0.841. The van der Waals surface area contributed by atoms with Crippen LogP contribution in [0, 0.1) is 11.3 Å². The number of ether oxygens (including phenoxy) is 1. The van der Waals surface area contributed by atoms with Crippen LogP contribution in [0.3, 0.4) is 0 Å². The monoisotopic (exact) mass is 301 g/mol. The number of nitrogens with zero attached hydrogens (tertiary/aromatic N) is 2. The maximum Gasteiger partial charge on any atom is 0.232 e. The first-order valence-electron chi connectivity index (χ1n) is 6.83. The second-order valence-electron chi connectivity index (χ2n) is 4.71. The Morgan fingerprint density at radius 3 is 3.19 bits per heavy atom. The van der Waals surface area contributed by atoms with Gasteiger partial charge in [0.15, 0.2) is 0 Å². The van der Waals surface area contributed by atoms with Gasteiger partial charge in [0.05, 0.1) is 6.10 Å². The van der Waals surface area contributed by atoms with Crippen LogP contribution in [0.5, 0.6) is 0 Å². The van der Waals surface area contributed by atoms with E-state index in [0.29, 0.717) is 18.3 Å². The van der Waals surface area contributed by atoms with Crippen molar-refractivity contribution in [1.82, 2.24) is 4.98 Å². The molecular weight excluding hydrogens is 286 g/mol. The van der Waals surface area contributed by atoms with Crippen molar-refractivity contribution in [1.29, 1.82) is 5.26 Å². The molecule has 1 atom stereocenters. The Balaban J connectivity index is 1.67. The molecule has 0 aliphatic carbocycles. The molecule has 0 saturated carbocycles. The number of anilines is 1. The Morgan fingerprint density at radius 2 is 2.48 bits per heavy atom. The molecule has 2 aromatic heterocycles. The highest BCUT2D eigenvalue weighted by Crippen LogP contribution is 2.20. The first kappa shape index (κ1) is 13.9. The third kappa shape index (κ3) is 3.51. The van der Waals surface area contributed by atoms with Crippen molar-refractivity contribution in [3.8, 4) is 6.07 Å². The average Bonchev–Trinajstić information content (AvgIpc) is 3.23. The van der Waals surface area contributed by atoms with Crippen molar-refractivity contribution in [2.75, 3.05) is 18.5 Å². The summed E-state index contributed by atoms with van der Waals surface area (Å²) in [7, 11) is 0. The van der Waals surface area contributed by atoms with E-state index in [0.717, 1.165) is 24.3 Å². The smallest absolute Gasteiger partial charge is 0.232 e. The maximum atomic E-state index is 9.11. The van der Waals surface area contributed by atoms with Crippen molar-refractivity contribution < 1.29 is 9.15 Å². The summed E-state index contributed by atoms with van der Waals surface area (Å²) in [6.07, 6.45) is 5.99. The van der Waals surface area contributed by atoms with Gasteiger partial charge >= 0.3 is 0 Å². The van der Waals surface area contributed by atoms with Crippen LogP contribution in [0.2, 0.25) is 0 Å². The van der Waals surface area contributed by atoms with E-state index in [2.05, 4.69) is 10.3 Å². The van der Waals surface area contributed by atoms with Gasteiger partial charge in [-0.15, -0.1) is 11.3 Å². The van der Waals surface area contributed by atoms with Gasteiger partial charge in [-0.2, -0.15) is 10.2 Å². The molecule has 1 saturated heterocycles. The van der Waals surface area contributed by atoms with Gasteiger partial charge in [0, 0.05) is 24.1 Å². The van der Waals surface area contributed by atoms with Crippen LogP contribution >= 0.6 is 11.3 Å². The summed E-state index contributed by atoms with van der Waals surface area (Å²) < 4.78 is 11.1. The first-order valence-corrected chi connectivity index (χ1v) is 7.71. The number of rotatable bonds is 5. The molecule has 2 aromatic rings. The predicted octanol–water partition coefficient (Wildman–Crippen LogP) is 3.37. The lowest BCUT2D eigenvalue weighted by Crippen LogP contribution is -2.18. The first-order chi connectivity index (χ1) is 10.3. The molecule has 1 N–H and O–H groups in total. The highest BCUT2D eigenvalue weighted by Gasteiger charge is 2.17. The lowest BCUT2D eigenvalue weighted by molar-refractivity contribution is 0.120. The quantitative estimate of drug-likeness (QED) is 0.916. The van der Waals surface area contributed by atoms with E-state index < -0.39 is 0 Å². The summed E-state index contributed by atoms with van der Waals surface area (Å²) in [4.78, 5) is 5.27. The molecule has 3 rings (SSSR count). The number of oxazole rings is 1. The lowest BCUT2D eigenvalue weighted by atomic mass is 10.2. The minimum Gasteiger partial charge on any atom is -0.420 e. The Kier molecular flexibility index (Phi) is 4.34. The summed E-state index contributed by atoms with van der Waals surface area (Å²) in [6, 6.07) is 6.03. The van der Waals surface area contributed by atoms with Gasteiger partial charge in [-0.1, -0.05) is 6.07 Å². The third-order valence-corrected chi connectivity index (χ3v) is 4.03. The van der Waals surface area contributed by atoms with Crippen molar-refractivity contribution in [2.45, 2.75) is 18.9 Å². The molecule has 1 fully saturated rings. The minimum atomic E-state index is 0.187. The zero-order valence-electron chi connectivity index (χ0n) is 11.4. The molecule has 1 aliphatic rings. The fourth-order valence-corrected chi connectivity index (χ4v) is 2.77. The van der Waals surface area contributed by atoms with E-state index in [1.165, 1.54) is 0 Å². The van der Waals surface area contributed by atoms with Crippen LogP contribution in [0.25, 0.3) is 12.2 Å². The van der Waals surface area contributed by atoms with Crippen molar-refractivity contribution in [3.63, 3.8) is 0 Å². The van der Waals surface area contributed by atoms with Gasteiger partial charge in [0.1, 0.15) is 6.07 Å². The zero-order chi connectivity index (χ0) is 14.5. The third-order valence-electron chi connectivity index (χ3n) is 3.20. The molecule has 1 aliphatic heterocycles. The van der Waals surface area contributed by atoms with Crippen LogP contribution in [0.1, 0.15) is 29.3 Å². The highest BCUT2D eigenvalue weighted by molar-refractivity contribution is 7.10. The van der Waals surface area contributed by atoms with Crippen LogP contribution in [0.4, 0.5) is 5.88 Å². The van der Waals surface area contributed by atoms with Crippen molar-refractivity contribution in [3.05, 3.63) is 34.0 Å². The summed E-state index contributed by atoms with van der Waals surface area (Å²) in [5.41, 5.74) is 0.277. The normalized spacial score (nSPS) is 18.1. The number of aromatic nitrogens is 1. The van der Waals surface area contributed by atoms with Gasteiger partial charge in [-0.05, 0) is 30.4 Å². The molecular formula is C15H15N3O2S. The zero-order valence-corrected chi connectivity index (χ0v) is 12.2. The van der Waals surface area contributed by atoms with Gasteiger partial charge in [-0.25, -0.2) is 0 Å². The van der Waals surface area contributed by atoms with Gasteiger partial charge in [0.25, 0.3) is 0 Å². The van der Waals surface area contributed by atoms with E-state index in [4.69, 9.17) is 14.4 Å². The Hall–Kier alpha value is -2.10. The molecule has 0 amide bonds. The molecule has 108 valence electrons. The Labute approximate surface area is 126 Å². The Bertz CT molecular complexity index is 649. The fourth-order valence-electron chi connectivity index (χ4n) is 2.15. The number of thiophene rings is 1. The summed E-state index contributed by atoms with van der Waals surface area (Å²) in [6.45, 7) is 1.45. The fraction of sp³-hybridized carbons (Fsp3) is 0.333. The van der Waals surface area contributed by atoms with Crippen LogP contribution in [0.15, 0.2) is 21.9 Å². The maximum absolute atomic E-state index is 9.11. The van der Waals surface area contributed by atoms with E-state index >= 15 is 0 Å². The molecule has 0 bridgehead atoms. The molecule has 0 spiro atoms.